The van der Waals surface area contributed by atoms with Crippen LogP contribution in [0.25, 0.3) is 0 Å². The van der Waals surface area contributed by atoms with Gasteiger partial charge in [0.05, 0.1) is 0 Å². The molecular weight excluding hydrogens is 394 g/mol. The number of hydrogen-bond donors (Lipinski definition) is 2. The van der Waals surface area contributed by atoms with Crippen molar-refractivity contribution >= 4 is 29.9 Å². The zero-order valence-corrected chi connectivity index (χ0v) is 15.5. The van der Waals surface area contributed by atoms with E-state index in [1.54, 1.807) is 13.1 Å². The van der Waals surface area contributed by atoms with Crippen LogP contribution in [0.4, 0.5) is 4.39 Å². The van der Waals surface area contributed by atoms with Crippen LogP contribution in [0, 0.1) is 5.82 Å². The van der Waals surface area contributed by atoms with E-state index >= 15 is 0 Å². The summed E-state index contributed by atoms with van der Waals surface area (Å²) >= 11 is 0. The van der Waals surface area contributed by atoms with Crippen molar-refractivity contribution in [3.63, 3.8) is 0 Å². The Morgan fingerprint density at radius 2 is 2.00 bits per heavy atom. The molecule has 1 aliphatic heterocycles. The molecule has 1 aliphatic rings. The summed E-state index contributed by atoms with van der Waals surface area (Å²) in [5.74, 6) is 0.554. The van der Waals surface area contributed by atoms with E-state index in [0.29, 0.717) is 6.54 Å². The van der Waals surface area contributed by atoms with Gasteiger partial charge >= 0.3 is 0 Å². The highest BCUT2D eigenvalue weighted by atomic mass is 127. The molecule has 0 aromatic heterocycles. The lowest BCUT2D eigenvalue weighted by Gasteiger charge is -2.26. The van der Waals surface area contributed by atoms with Gasteiger partial charge in [0.15, 0.2) is 5.96 Å². The Bertz CT molecular complexity index is 461. The molecule has 0 saturated carbocycles. The minimum Gasteiger partial charge on any atom is -0.355 e. The highest BCUT2D eigenvalue weighted by Gasteiger charge is 2.09. The molecule has 124 valence electrons. The Morgan fingerprint density at radius 3 is 2.68 bits per heavy atom. The van der Waals surface area contributed by atoms with Crippen LogP contribution < -0.4 is 10.6 Å². The summed E-state index contributed by atoms with van der Waals surface area (Å²) in [6.07, 6.45) is 3.99. The third-order valence-corrected chi connectivity index (χ3v) is 3.74. The molecule has 22 heavy (non-hydrogen) atoms. The summed E-state index contributed by atoms with van der Waals surface area (Å²) in [6.45, 7) is 4.90. The molecule has 0 unspecified atom stereocenters. The lowest BCUT2D eigenvalue weighted by atomic mass is 10.1. The Morgan fingerprint density at radius 1 is 1.23 bits per heavy atom. The second-order valence-electron chi connectivity index (χ2n) is 5.38. The Kier molecular flexibility index (Phi) is 9.38. The Hall–Kier alpha value is -0.890. The summed E-state index contributed by atoms with van der Waals surface area (Å²) in [5, 5.41) is 6.51. The molecule has 1 fully saturated rings. The predicted molar refractivity (Wildman–Crippen MR) is 100 cm³/mol. The molecule has 2 N–H and O–H groups in total. The van der Waals surface area contributed by atoms with E-state index in [-0.39, 0.29) is 29.8 Å². The van der Waals surface area contributed by atoms with Crippen LogP contribution in [0.2, 0.25) is 0 Å². The van der Waals surface area contributed by atoms with E-state index in [9.17, 15) is 4.39 Å². The molecule has 1 saturated heterocycles. The van der Waals surface area contributed by atoms with E-state index in [0.717, 1.165) is 24.6 Å². The van der Waals surface area contributed by atoms with E-state index in [1.807, 2.05) is 6.07 Å². The normalized spacial score (nSPS) is 16.0. The molecule has 6 heteroatoms. The zero-order chi connectivity index (χ0) is 14.9. The highest BCUT2D eigenvalue weighted by Crippen LogP contribution is 2.07. The summed E-state index contributed by atoms with van der Waals surface area (Å²) in [4.78, 5) is 6.67. The number of guanidine groups is 1. The van der Waals surface area contributed by atoms with Crippen molar-refractivity contribution in [1.29, 1.82) is 0 Å². The molecule has 4 nitrogen and oxygen atoms in total. The summed E-state index contributed by atoms with van der Waals surface area (Å²) in [7, 11) is 1.75. The number of rotatable bonds is 5. The van der Waals surface area contributed by atoms with Gasteiger partial charge in [0.1, 0.15) is 5.82 Å². The Labute approximate surface area is 149 Å². The van der Waals surface area contributed by atoms with Gasteiger partial charge in [-0.2, -0.15) is 0 Å². The first kappa shape index (κ1) is 19.2. The smallest absolute Gasteiger partial charge is 0.191 e. The van der Waals surface area contributed by atoms with E-state index in [4.69, 9.17) is 0 Å². The molecule has 2 rings (SSSR count). The third kappa shape index (κ3) is 6.91. The van der Waals surface area contributed by atoms with Gasteiger partial charge in [-0.15, -0.1) is 24.0 Å². The largest absolute Gasteiger partial charge is 0.355 e. The quantitative estimate of drug-likeness (QED) is 0.437. The maximum atomic E-state index is 13.1. The van der Waals surface area contributed by atoms with Crippen molar-refractivity contribution < 1.29 is 4.39 Å². The van der Waals surface area contributed by atoms with Crippen LogP contribution in [0.15, 0.2) is 29.3 Å². The van der Waals surface area contributed by atoms with Gasteiger partial charge in [-0.3, -0.25) is 4.99 Å². The highest BCUT2D eigenvalue weighted by molar-refractivity contribution is 14.0. The number of likely N-dealkylation sites (tertiary alicyclic amines) is 1. The minimum absolute atomic E-state index is 0. The first-order chi connectivity index (χ1) is 10.3. The van der Waals surface area contributed by atoms with Crippen LogP contribution in [0.5, 0.6) is 0 Å². The summed E-state index contributed by atoms with van der Waals surface area (Å²) in [5.41, 5.74) is 0.911. The third-order valence-electron chi connectivity index (χ3n) is 3.74. The fourth-order valence-electron chi connectivity index (χ4n) is 2.57. The number of hydrogen-bond acceptors (Lipinski definition) is 2. The van der Waals surface area contributed by atoms with Crippen molar-refractivity contribution in [2.45, 2.75) is 25.8 Å². The lowest BCUT2D eigenvalue weighted by Crippen LogP contribution is -2.42. The van der Waals surface area contributed by atoms with Gasteiger partial charge in [0.2, 0.25) is 0 Å². The van der Waals surface area contributed by atoms with Crippen LogP contribution in [-0.2, 0) is 6.54 Å². The number of nitrogens with zero attached hydrogens (tertiary/aromatic N) is 2. The summed E-state index contributed by atoms with van der Waals surface area (Å²) < 4.78 is 13.1. The van der Waals surface area contributed by atoms with E-state index in [2.05, 4.69) is 20.5 Å². The first-order valence-corrected chi connectivity index (χ1v) is 7.69. The van der Waals surface area contributed by atoms with Gasteiger partial charge in [-0.25, -0.2) is 4.39 Å². The Balaban J connectivity index is 0.00000242. The molecule has 1 aromatic rings. The van der Waals surface area contributed by atoms with Crippen LogP contribution in [-0.4, -0.2) is 44.1 Å². The van der Waals surface area contributed by atoms with Gasteiger partial charge in [0.25, 0.3) is 0 Å². The second-order valence-corrected chi connectivity index (χ2v) is 5.38. The molecule has 1 heterocycles. The molecule has 0 bridgehead atoms. The molecule has 0 amide bonds. The molecule has 0 atom stereocenters. The number of halogens is 2. The summed E-state index contributed by atoms with van der Waals surface area (Å²) in [6, 6.07) is 6.61. The van der Waals surface area contributed by atoms with Crippen LogP contribution in [0.1, 0.15) is 24.8 Å². The van der Waals surface area contributed by atoms with Crippen molar-refractivity contribution in [3.8, 4) is 0 Å². The topological polar surface area (TPSA) is 39.7 Å². The molecule has 1 aromatic carbocycles. The fourth-order valence-corrected chi connectivity index (χ4v) is 2.57. The lowest BCUT2D eigenvalue weighted by molar-refractivity contribution is 0.232. The standard InChI is InChI=1S/C16H25FN4.HI/c1-18-16(19-8-11-21-9-3-2-4-10-21)20-13-14-6-5-7-15(17)12-14;/h5-7,12H,2-4,8-11,13H2,1H3,(H2,18,19,20);1H. The first-order valence-electron chi connectivity index (χ1n) is 7.69. The molecule has 0 aliphatic carbocycles. The van der Waals surface area contributed by atoms with Gasteiger partial charge < -0.3 is 15.5 Å². The molecule has 0 radical (unpaired) electrons. The van der Waals surface area contributed by atoms with Gasteiger partial charge in [0, 0.05) is 26.7 Å². The number of nitrogens with one attached hydrogen (secondary N) is 2. The SMILES string of the molecule is CN=C(NCCN1CCCCC1)NCc1cccc(F)c1.I. The van der Waals surface area contributed by atoms with Crippen LogP contribution >= 0.6 is 24.0 Å². The van der Waals surface area contributed by atoms with Crippen molar-refractivity contribution in [3.05, 3.63) is 35.6 Å². The van der Waals surface area contributed by atoms with Gasteiger partial charge in [-0.05, 0) is 43.6 Å². The maximum Gasteiger partial charge on any atom is 0.191 e. The average Bonchev–Trinajstić information content (AvgIpc) is 2.52. The second kappa shape index (κ2) is 10.8. The van der Waals surface area contributed by atoms with Gasteiger partial charge in [-0.1, -0.05) is 18.6 Å². The molecule has 0 spiro atoms. The van der Waals surface area contributed by atoms with E-state index < -0.39 is 0 Å². The minimum atomic E-state index is -0.206. The predicted octanol–water partition coefficient (Wildman–Crippen LogP) is 2.59. The van der Waals surface area contributed by atoms with Crippen molar-refractivity contribution in [2.24, 2.45) is 4.99 Å². The molecular formula is C16H26FIN4. The number of benzene rings is 1. The van der Waals surface area contributed by atoms with Crippen molar-refractivity contribution in [2.75, 3.05) is 33.2 Å². The maximum absolute atomic E-state index is 13.1. The van der Waals surface area contributed by atoms with E-state index in [1.165, 1.54) is 44.5 Å². The van der Waals surface area contributed by atoms with Crippen molar-refractivity contribution in [1.82, 2.24) is 15.5 Å². The number of piperidine rings is 1. The zero-order valence-electron chi connectivity index (χ0n) is 13.1. The fraction of sp³-hybridized carbons (Fsp3) is 0.562. The average molecular weight is 420 g/mol. The monoisotopic (exact) mass is 420 g/mol. The number of aliphatic imine (C=N–C) groups is 1. The van der Waals surface area contributed by atoms with Crippen LogP contribution in [0.3, 0.4) is 0 Å².